The van der Waals surface area contributed by atoms with Crippen LogP contribution in [0.1, 0.15) is 93.2 Å². The Balaban J connectivity index is 1.37. The van der Waals surface area contributed by atoms with Crippen molar-refractivity contribution in [3.8, 4) is 0 Å². The molecule has 3 aromatic rings. The van der Waals surface area contributed by atoms with Crippen molar-refractivity contribution >= 4 is 10.9 Å². The molecule has 0 amide bonds. The summed E-state index contributed by atoms with van der Waals surface area (Å²) in [6.07, 6.45) is 12.7. The first-order valence-electron chi connectivity index (χ1n) is 14.1. The smallest absolute Gasteiger partial charge is 0.253 e. The highest BCUT2D eigenvalue weighted by atomic mass is 16.1. The van der Waals surface area contributed by atoms with Crippen molar-refractivity contribution in [2.45, 2.75) is 89.3 Å². The highest BCUT2D eigenvalue weighted by molar-refractivity contribution is 5.82. The maximum Gasteiger partial charge on any atom is 0.253 e. The number of para-hydroxylation sites is 1. The Morgan fingerprint density at radius 1 is 0.917 bits per heavy atom. The predicted octanol–water partition coefficient (Wildman–Crippen LogP) is 4.37. The number of hydrogen-bond donors (Lipinski definition) is 1. The summed E-state index contributed by atoms with van der Waals surface area (Å²) in [7, 11) is 0. The van der Waals surface area contributed by atoms with E-state index < -0.39 is 0 Å². The third-order valence-corrected chi connectivity index (χ3v) is 8.90. The van der Waals surface area contributed by atoms with Crippen molar-refractivity contribution in [1.82, 2.24) is 35.0 Å². The lowest BCUT2D eigenvalue weighted by molar-refractivity contribution is 0.0610. The summed E-state index contributed by atoms with van der Waals surface area (Å²) >= 11 is 0. The van der Waals surface area contributed by atoms with E-state index in [1.807, 2.05) is 13.0 Å². The summed E-state index contributed by atoms with van der Waals surface area (Å²) in [6, 6.07) is 9.07. The summed E-state index contributed by atoms with van der Waals surface area (Å²) in [5.41, 5.74) is 2.72. The molecular formula is C28H39N7O. The minimum Gasteiger partial charge on any atom is -0.321 e. The molecule has 1 saturated heterocycles. The normalized spacial score (nSPS) is 22.2. The van der Waals surface area contributed by atoms with E-state index in [2.05, 4.69) is 53.2 Å². The first kappa shape index (κ1) is 23.8. The molecule has 8 nitrogen and oxygen atoms in total. The molecule has 3 fully saturated rings. The number of tetrazole rings is 1. The molecule has 0 radical (unpaired) electrons. The fraction of sp³-hybridized carbons (Fsp3) is 0.643. The van der Waals surface area contributed by atoms with Crippen molar-refractivity contribution < 1.29 is 0 Å². The summed E-state index contributed by atoms with van der Waals surface area (Å²) < 4.78 is 2.05. The highest BCUT2D eigenvalue weighted by Crippen LogP contribution is 2.34. The largest absolute Gasteiger partial charge is 0.321 e. The lowest BCUT2D eigenvalue weighted by Gasteiger charge is -2.43. The quantitative estimate of drug-likeness (QED) is 0.573. The van der Waals surface area contributed by atoms with E-state index in [1.165, 1.54) is 51.4 Å². The van der Waals surface area contributed by atoms with Crippen LogP contribution in [-0.4, -0.2) is 67.2 Å². The first-order valence-corrected chi connectivity index (χ1v) is 14.1. The van der Waals surface area contributed by atoms with Crippen molar-refractivity contribution in [3.63, 3.8) is 0 Å². The zero-order valence-corrected chi connectivity index (χ0v) is 21.5. The van der Waals surface area contributed by atoms with Gasteiger partial charge in [-0.1, -0.05) is 56.7 Å². The van der Waals surface area contributed by atoms with Gasteiger partial charge in [0, 0.05) is 37.8 Å². The average Bonchev–Trinajstić information content (AvgIpc) is 3.41. The molecule has 2 aromatic heterocycles. The van der Waals surface area contributed by atoms with Gasteiger partial charge >= 0.3 is 0 Å². The Hall–Kier alpha value is -2.58. The number of aromatic nitrogens is 5. The molecule has 0 spiro atoms. The molecule has 2 aliphatic carbocycles. The number of hydrogen-bond acceptors (Lipinski definition) is 6. The van der Waals surface area contributed by atoms with Crippen LogP contribution in [0.2, 0.25) is 0 Å². The van der Waals surface area contributed by atoms with Gasteiger partial charge in [-0.3, -0.25) is 14.6 Å². The molecule has 1 unspecified atom stereocenters. The molecular weight excluding hydrogens is 450 g/mol. The van der Waals surface area contributed by atoms with Crippen LogP contribution in [0.4, 0.5) is 0 Å². The van der Waals surface area contributed by atoms with E-state index >= 15 is 0 Å². The number of rotatable bonds is 5. The molecule has 36 heavy (non-hydrogen) atoms. The number of nitrogens with one attached hydrogen (secondary N) is 1. The van der Waals surface area contributed by atoms with Crippen LogP contribution in [-0.2, 0) is 0 Å². The monoisotopic (exact) mass is 489 g/mol. The highest BCUT2D eigenvalue weighted by Gasteiger charge is 2.35. The average molecular weight is 490 g/mol. The zero-order chi connectivity index (χ0) is 24.5. The van der Waals surface area contributed by atoms with Gasteiger partial charge in [-0.2, -0.15) is 0 Å². The number of piperazine rings is 1. The van der Waals surface area contributed by atoms with Gasteiger partial charge in [0.1, 0.15) is 6.04 Å². The van der Waals surface area contributed by atoms with Crippen LogP contribution in [0, 0.1) is 6.92 Å². The molecule has 6 rings (SSSR count). The van der Waals surface area contributed by atoms with E-state index in [9.17, 15) is 4.79 Å². The molecule has 192 valence electrons. The topological polar surface area (TPSA) is 82.9 Å². The predicted molar refractivity (Wildman–Crippen MR) is 141 cm³/mol. The molecule has 8 heteroatoms. The SMILES string of the molecule is Cc1cccc2cc(C(c3nnnn3C3CCCCC3)N3CCN(C4CCCCC4)CC3)c(=O)[nH]c12. The molecule has 3 aliphatic rings. The maximum absolute atomic E-state index is 13.6. The molecule has 1 aromatic carbocycles. The number of aromatic amines is 1. The van der Waals surface area contributed by atoms with Gasteiger partial charge in [0.25, 0.3) is 5.56 Å². The minimum absolute atomic E-state index is 0.0327. The number of nitrogens with zero attached hydrogens (tertiary/aromatic N) is 6. The molecule has 3 heterocycles. The summed E-state index contributed by atoms with van der Waals surface area (Å²) in [6.45, 7) is 5.96. The van der Waals surface area contributed by atoms with E-state index in [-0.39, 0.29) is 11.6 Å². The van der Waals surface area contributed by atoms with Crippen LogP contribution >= 0.6 is 0 Å². The van der Waals surface area contributed by atoms with E-state index in [1.54, 1.807) is 0 Å². The van der Waals surface area contributed by atoms with Crippen molar-refractivity contribution in [3.05, 3.63) is 51.6 Å². The standard InChI is InChI=1S/C28H39N7O/c1-20-9-8-10-21-19-24(28(36)29-25(20)21)26(27-30-31-32-35(27)23-13-6-3-7-14-23)34-17-15-33(16-18-34)22-11-4-2-5-12-22/h8-10,19,22-23,26H,2-7,11-18H2,1H3,(H,29,36). The van der Waals surface area contributed by atoms with Crippen LogP contribution in [0.25, 0.3) is 10.9 Å². The van der Waals surface area contributed by atoms with Gasteiger partial charge in [-0.15, -0.1) is 5.10 Å². The summed E-state index contributed by atoms with van der Waals surface area (Å²) in [5, 5.41) is 14.3. The number of H-pyrrole nitrogens is 1. The van der Waals surface area contributed by atoms with Crippen LogP contribution in [0.5, 0.6) is 0 Å². The van der Waals surface area contributed by atoms with Gasteiger partial charge < -0.3 is 4.98 Å². The molecule has 2 saturated carbocycles. The van der Waals surface area contributed by atoms with Crippen LogP contribution < -0.4 is 5.56 Å². The number of fused-ring (bicyclic) bond motifs is 1. The van der Waals surface area contributed by atoms with Crippen molar-refractivity contribution in [2.75, 3.05) is 26.2 Å². The Kier molecular flexibility index (Phi) is 6.89. The van der Waals surface area contributed by atoms with Gasteiger partial charge in [-0.25, -0.2) is 4.68 Å². The summed E-state index contributed by atoms with van der Waals surface area (Å²) in [4.78, 5) is 21.9. The number of aryl methyl sites for hydroxylation is 1. The van der Waals surface area contributed by atoms with E-state index in [4.69, 9.17) is 0 Å². The molecule has 1 atom stereocenters. The second-order valence-electron chi connectivity index (χ2n) is 11.1. The maximum atomic E-state index is 13.6. The summed E-state index contributed by atoms with van der Waals surface area (Å²) in [5.74, 6) is 0.825. The van der Waals surface area contributed by atoms with Gasteiger partial charge in [-0.05, 0) is 60.0 Å². The second-order valence-corrected chi connectivity index (χ2v) is 11.1. The Morgan fingerprint density at radius 3 is 2.33 bits per heavy atom. The minimum atomic E-state index is -0.246. The lowest BCUT2D eigenvalue weighted by Crippen LogP contribution is -2.52. The zero-order valence-electron chi connectivity index (χ0n) is 21.5. The Labute approximate surface area is 213 Å². The van der Waals surface area contributed by atoms with Gasteiger partial charge in [0.05, 0.1) is 11.6 Å². The fourth-order valence-corrected chi connectivity index (χ4v) is 6.88. The van der Waals surface area contributed by atoms with E-state index in [0.29, 0.717) is 6.04 Å². The third-order valence-electron chi connectivity index (χ3n) is 8.90. The molecule has 0 bridgehead atoms. The fourth-order valence-electron chi connectivity index (χ4n) is 6.88. The van der Waals surface area contributed by atoms with Gasteiger partial charge in [0.2, 0.25) is 0 Å². The number of benzene rings is 1. The van der Waals surface area contributed by atoms with Crippen LogP contribution in [0.15, 0.2) is 29.1 Å². The first-order chi connectivity index (χ1) is 17.7. The van der Waals surface area contributed by atoms with Crippen LogP contribution in [0.3, 0.4) is 0 Å². The number of pyridine rings is 1. The second kappa shape index (κ2) is 10.4. The molecule has 1 aliphatic heterocycles. The molecule has 1 N–H and O–H groups in total. The van der Waals surface area contributed by atoms with Gasteiger partial charge in [0.15, 0.2) is 5.82 Å². The lowest BCUT2D eigenvalue weighted by atomic mass is 9.93. The third kappa shape index (κ3) is 4.61. The Bertz CT molecular complexity index is 1230. The van der Waals surface area contributed by atoms with Crippen molar-refractivity contribution in [1.29, 1.82) is 0 Å². The Morgan fingerprint density at radius 2 is 1.61 bits per heavy atom. The van der Waals surface area contributed by atoms with E-state index in [0.717, 1.165) is 72.9 Å². The van der Waals surface area contributed by atoms with Crippen molar-refractivity contribution in [2.24, 2.45) is 0 Å².